The minimum Gasteiger partial charge on any atom is -0.477 e. The van der Waals surface area contributed by atoms with Crippen molar-refractivity contribution in [3.63, 3.8) is 0 Å². The number of carboxylic acids is 1. The number of halogens is 1. The Hall–Kier alpha value is -3.35. The molecule has 3 heterocycles. The topological polar surface area (TPSA) is 65.8 Å². The van der Waals surface area contributed by atoms with Crippen molar-refractivity contribution in [2.45, 2.75) is 25.8 Å². The number of hydrogen-bond acceptors (Lipinski definition) is 4. The number of anilines is 1. The number of pyridine rings is 1. The quantitative estimate of drug-likeness (QED) is 0.720. The Morgan fingerprint density at radius 2 is 1.83 bits per heavy atom. The molecule has 0 radical (unpaired) electrons. The highest BCUT2D eigenvalue weighted by Crippen LogP contribution is 2.36. The second kappa shape index (κ2) is 7.16. The van der Waals surface area contributed by atoms with Crippen LogP contribution in [0.25, 0.3) is 10.9 Å². The van der Waals surface area contributed by atoms with Gasteiger partial charge in [0.05, 0.1) is 23.1 Å². The first-order valence-electron chi connectivity index (χ1n) is 10.2. The fourth-order valence-electron chi connectivity index (χ4n) is 4.70. The lowest BCUT2D eigenvalue weighted by Crippen LogP contribution is -2.41. The van der Waals surface area contributed by atoms with E-state index in [9.17, 15) is 14.7 Å². The van der Waals surface area contributed by atoms with Crippen LogP contribution < -0.4 is 15.3 Å². The van der Waals surface area contributed by atoms with Crippen molar-refractivity contribution in [2.24, 2.45) is 0 Å². The minimum atomic E-state index is -1.30. The molecule has 154 valence electrons. The van der Waals surface area contributed by atoms with E-state index < -0.39 is 17.2 Å². The maximum absolute atomic E-state index is 15.2. The largest absolute Gasteiger partial charge is 0.477 e. The van der Waals surface area contributed by atoms with Crippen molar-refractivity contribution < 1.29 is 14.3 Å². The summed E-state index contributed by atoms with van der Waals surface area (Å²) in [6.45, 7) is 2.75. The van der Waals surface area contributed by atoms with Crippen molar-refractivity contribution in [1.82, 2.24) is 4.68 Å². The summed E-state index contributed by atoms with van der Waals surface area (Å²) in [5.41, 5.74) is 2.08. The highest BCUT2D eigenvalue weighted by atomic mass is 19.1. The molecule has 6 nitrogen and oxygen atoms in total. The SMILES string of the molecule is O=C(O)c1cn2c3c(c(N4CCCC4)c(F)cc3c1=O)CCN2Cc1ccccc1. The molecule has 0 saturated carbocycles. The summed E-state index contributed by atoms with van der Waals surface area (Å²) < 4.78 is 16.9. The van der Waals surface area contributed by atoms with E-state index >= 15 is 4.39 Å². The Morgan fingerprint density at radius 3 is 2.53 bits per heavy atom. The molecule has 2 aromatic carbocycles. The van der Waals surface area contributed by atoms with E-state index in [4.69, 9.17) is 0 Å². The summed E-state index contributed by atoms with van der Waals surface area (Å²) >= 11 is 0. The third kappa shape index (κ3) is 2.93. The monoisotopic (exact) mass is 407 g/mol. The summed E-state index contributed by atoms with van der Waals surface area (Å²) in [5, 5.41) is 11.7. The Bertz CT molecular complexity index is 1200. The van der Waals surface area contributed by atoms with E-state index in [1.807, 2.05) is 35.3 Å². The van der Waals surface area contributed by atoms with Crippen molar-refractivity contribution >= 4 is 22.6 Å². The molecule has 3 aromatic rings. The van der Waals surface area contributed by atoms with Gasteiger partial charge in [0.1, 0.15) is 11.4 Å². The molecule has 1 fully saturated rings. The number of carboxylic acid groups (broad SMARTS) is 1. The van der Waals surface area contributed by atoms with Gasteiger partial charge in [0.25, 0.3) is 0 Å². The summed E-state index contributed by atoms with van der Waals surface area (Å²) in [7, 11) is 0. The van der Waals surface area contributed by atoms with Gasteiger partial charge in [-0.25, -0.2) is 9.18 Å². The molecule has 0 aliphatic carbocycles. The lowest BCUT2D eigenvalue weighted by molar-refractivity contribution is 0.0694. The van der Waals surface area contributed by atoms with Crippen molar-refractivity contribution in [3.05, 3.63) is 75.3 Å². The van der Waals surface area contributed by atoms with Crippen LogP contribution in [-0.4, -0.2) is 35.4 Å². The molecule has 2 aliphatic rings. The number of benzene rings is 2. The van der Waals surface area contributed by atoms with Crippen LogP contribution in [-0.2, 0) is 13.0 Å². The van der Waals surface area contributed by atoms with Crippen LogP contribution >= 0.6 is 0 Å². The van der Waals surface area contributed by atoms with Crippen LogP contribution in [0.2, 0.25) is 0 Å². The van der Waals surface area contributed by atoms with Gasteiger partial charge in [-0.15, -0.1) is 0 Å². The molecular weight excluding hydrogens is 385 g/mol. The molecular formula is C23H22FN3O3. The highest BCUT2D eigenvalue weighted by Gasteiger charge is 2.29. The lowest BCUT2D eigenvalue weighted by atomic mass is 9.99. The number of aromatic nitrogens is 1. The lowest BCUT2D eigenvalue weighted by Gasteiger charge is -2.36. The molecule has 0 unspecified atom stereocenters. The fraction of sp³-hybridized carbons (Fsp3) is 0.304. The molecule has 1 saturated heterocycles. The Kier molecular flexibility index (Phi) is 4.46. The van der Waals surface area contributed by atoms with Gasteiger partial charge >= 0.3 is 5.97 Å². The predicted molar refractivity (Wildman–Crippen MR) is 114 cm³/mol. The summed E-state index contributed by atoms with van der Waals surface area (Å²) in [6, 6.07) is 11.1. The van der Waals surface area contributed by atoms with Crippen molar-refractivity contribution in [2.75, 3.05) is 29.5 Å². The van der Waals surface area contributed by atoms with E-state index in [0.29, 0.717) is 30.7 Å². The average molecular weight is 407 g/mol. The second-order valence-electron chi connectivity index (χ2n) is 7.92. The Morgan fingerprint density at radius 1 is 1.10 bits per heavy atom. The molecule has 1 aromatic heterocycles. The normalized spacial score (nSPS) is 15.8. The molecule has 0 spiro atoms. The third-order valence-electron chi connectivity index (χ3n) is 6.08. The number of nitrogens with zero attached hydrogens (tertiary/aromatic N) is 3. The van der Waals surface area contributed by atoms with Gasteiger partial charge in [-0.1, -0.05) is 30.3 Å². The van der Waals surface area contributed by atoms with Gasteiger partial charge in [-0.2, -0.15) is 0 Å². The van der Waals surface area contributed by atoms with Gasteiger partial charge in [-0.05, 0) is 30.9 Å². The molecule has 5 rings (SSSR count). The number of carbonyl (C=O) groups is 1. The second-order valence-corrected chi connectivity index (χ2v) is 7.92. The molecule has 0 bridgehead atoms. The maximum atomic E-state index is 15.2. The van der Waals surface area contributed by atoms with Gasteiger partial charge in [0.15, 0.2) is 0 Å². The van der Waals surface area contributed by atoms with Crippen LogP contribution in [0.5, 0.6) is 0 Å². The van der Waals surface area contributed by atoms with Crippen LogP contribution in [0.3, 0.4) is 0 Å². The van der Waals surface area contributed by atoms with Crippen molar-refractivity contribution in [3.8, 4) is 0 Å². The molecule has 30 heavy (non-hydrogen) atoms. The predicted octanol–water partition coefficient (Wildman–Crippen LogP) is 3.13. The third-order valence-corrected chi connectivity index (χ3v) is 6.08. The van der Waals surface area contributed by atoms with Crippen LogP contribution in [0.1, 0.15) is 34.3 Å². The fourth-order valence-corrected chi connectivity index (χ4v) is 4.70. The first-order valence-corrected chi connectivity index (χ1v) is 10.2. The summed E-state index contributed by atoms with van der Waals surface area (Å²) in [5.74, 6) is -1.75. The zero-order valence-electron chi connectivity index (χ0n) is 16.5. The molecule has 2 aliphatic heterocycles. The highest BCUT2D eigenvalue weighted by molar-refractivity contribution is 5.95. The average Bonchev–Trinajstić information content (AvgIpc) is 3.26. The Labute approximate surface area is 172 Å². The number of rotatable bonds is 4. The van der Waals surface area contributed by atoms with E-state index in [-0.39, 0.29) is 10.9 Å². The van der Waals surface area contributed by atoms with Crippen LogP contribution in [0.4, 0.5) is 10.1 Å². The minimum absolute atomic E-state index is 0.128. The van der Waals surface area contributed by atoms with Crippen molar-refractivity contribution in [1.29, 1.82) is 0 Å². The smallest absolute Gasteiger partial charge is 0.341 e. The van der Waals surface area contributed by atoms with E-state index in [2.05, 4.69) is 4.90 Å². The van der Waals surface area contributed by atoms with Gasteiger partial charge in [0, 0.05) is 31.4 Å². The molecule has 0 atom stereocenters. The van der Waals surface area contributed by atoms with Crippen LogP contribution in [0.15, 0.2) is 47.4 Å². The standard InChI is InChI=1S/C23H22FN3O3/c24-19-12-17-20-16(21(19)25-9-4-5-10-25)8-11-26(13-15-6-2-1-3-7-15)27(20)14-18(22(17)28)23(29)30/h1-3,6-7,12,14H,4-5,8-11,13H2,(H,29,30). The first-order chi connectivity index (χ1) is 14.5. The number of hydrogen-bond donors (Lipinski definition) is 1. The van der Waals surface area contributed by atoms with E-state index in [0.717, 1.165) is 37.1 Å². The Balaban J connectivity index is 1.76. The summed E-state index contributed by atoms with van der Waals surface area (Å²) in [6.07, 6.45) is 4.02. The van der Waals surface area contributed by atoms with E-state index in [1.54, 1.807) is 4.68 Å². The zero-order valence-corrected chi connectivity index (χ0v) is 16.5. The summed E-state index contributed by atoms with van der Waals surface area (Å²) in [4.78, 5) is 26.7. The maximum Gasteiger partial charge on any atom is 0.341 e. The molecule has 0 amide bonds. The van der Waals surface area contributed by atoms with Gasteiger partial charge < -0.3 is 15.0 Å². The first kappa shape index (κ1) is 18.7. The zero-order chi connectivity index (χ0) is 20.8. The molecule has 7 heteroatoms. The molecule has 1 N–H and O–H groups in total. The van der Waals surface area contributed by atoms with E-state index in [1.165, 1.54) is 12.3 Å². The van der Waals surface area contributed by atoms with Crippen LogP contribution in [0, 0.1) is 5.82 Å². The van der Waals surface area contributed by atoms with Gasteiger partial charge in [0.2, 0.25) is 5.43 Å². The van der Waals surface area contributed by atoms with Gasteiger partial charge in [-0.3, -0.25) is 9.47 Å². The number of aromatic carboxylic acids is 1.